The van der Waals surface area contributed by atoms with Crippen LogP contribution in [0, 0.1) is 5.41 Å². The fourth-order valence-corrected chi connectivity index (χ4v) is 3.87. The molecule has 0 saturated carbocycles. The Morgan fingerprint density at radius 2 is 1.91 bits per heavy atom. The van der Waals surface area contributed by atoms with Crippen LogP contribution in [0.1, 0.15) is 24.2 Å². The smallest absolute Gasteiger partial charge is 0.193 e. The van der Waals surface area contributed by atoms with Crippen LogP contribution in [0.2, 0.25) is 5.02 Å². The fourth-order valence-electron chi connectivity index (χ4n) is 3.74. The minimum absolute atomic E-state index is 0.448. The summed E-state index contributed by atoms with van der Waals surface area (Å²) in [6.07, 6.45) is 4.00. The van der Waals surface area contributed by atoms with Crippen LogP contribution in [-0.4, -0.2) is 78.4 Å². The second-order valence-corrected chi connectivity index (χ2v) is 8.36. The summed E-state index contributed by atoms with van der Waals surface area (Å²) in [5.74, 6) is 2.61. The second-order valence-electron chi connectivity index (χ2n) is 7.92. The molecule has 0 unspecified atom stereocenters. The van der Waals surface area contributed by atoms with Crippen molar-refractivity contribution < 1.29 is 4.74 Å². The number of morpholine rings is 1. The number of guanidine groups is 1. The third-order valence-electron chi connectivity index (χ3n) is 5.50. The molecule has 2 aliphatic heterocycles. The normalized spacial score (nSPS) is 16.6. The number of benzene rings is 1. The number of hydrazone groups is 1. The first-order chi connectivity index (χ1) is 15.6. The highest BCUT2D eigenvalue weighted by Gasteiger charge is 2.20. The lowest BCUT2D eigenvalue weighted by Gasteiger charge is -2.29. The Labute approximate surface area is 193 Å². The molecule has 0 bridgehead atoms. The van der Waals surface area contributed by atoms with Crippen molar-refractivity contribution in [3.05, 3.63) is 46.7 Å². The van der Waals surface area contributed by atoms with Gasteiger partial charge in [0.15, 0.2) is 17.6 Å². The molecule has 4 rings (SSSR count). The van der Waals surface area contributed by atoms with Crippen molar-refractivity contribution >= 4 is 35.4 Å². The van der Waals surface area contributed by atoms with Crippen LogP contribution in [0.25, 0.3) is 0 Å². The molecule has 2 aromatic rings. The van der Waals surface area contributed by atoms with Gasteiger partial charge in [0, 0.05) is 44.3 Å². The third-order valence-corrected chi connectivity index (χ3v) is 5.75. The highest BCUT2D eigenvalue weighted by Crippen LogP contribution is 2.19. The van der Waals surface area contributed by atoms with Gasteiger partial charge >= 0.3 is 0 Å². The molecule has 9 nitrogen and oxygen atoms in total. The largest absolute Gasteiger partial charge is 0.378 e. The number of hydrogen-bond acceptors (Lipinski definition) is 7. The molecule has 0 aliphatic carbocycles. The van der Waals surface area contributed by atoms with Crippen molar-refractivity contribution in [3.8, 4) is 0 Å². The Hall–Kier alpha value is -2.91. The summed E-state index contributed by atoms with van der Waals surface area (Å²) in [7, 11) is 1.91. The maximum Gasteiger partial charge on any atom is 0.193 e. The number of ether oxygens (including phenoxy) is 1. The number of aromatic nitrogens is 2. The molecule has 2 saturated heterocycles. The minimum atomic E-state index is 0.448. The number of halogens is 1. The van der Waals surface area contributed by atoms with Gasteiger partial charge < -0.3 is 19.4 Å². The van der Waals surface area contributed by atoms with E-state index in [1.54, 1.807) is 6.21 Å². The average molecular weight is 457 g/mol. The molecule has 0 amide bonds. The SMILES string of the molecule is CN(Cc1nc(NN=Cc2ccc(Cl)cc2)cc(N2CCOCC2)n1)C(=N)N1CCCC1. The standard InChI is InChI=1S/C22H29ClN8O/c1-29(22(24)31-8-2-3-9-31)16-20-26-19(14-21(27-20)30-10-12-32-13-11-30)28-25-15-17-4-6-18(23)7-5-17/h4-7,14-15,24H,2-3,8-13,16H2,1H3,(H,26,27,28). The lowest BCUT2D eigenvalue weighted by Crippen LogP contribution is -2.40. The zero-order valence-corrected chi connectivity index (χ0v) is 19.1. The van der Waals surface area contributed by atoms with Crippen molar-refractivity contribution in [2.75, 3.05) is 56.8 Å². The molecule has 2 fully saturated rings. The van der Waals surface area contributed by atoms with Gasteiger partial charge in [0.05, 0.1) is 26.0 Å². The van der Waals surface area contributed by atoms with Crippen molar-refractivity contribution in [1.29, 1.82) is 5.41 Å². The molecule has 0 atom stereocenters. The number of rotatable bonds is 6. The number of likely N-dealkylation sites (tertiary alicyclic amines) is 1. The molecule has 0 radical (unpaired) electrons. The highest BCUT2D eigenvalue weighted by atomic mass is 35.5. The lowest BCUT2D eigenvalue weighted by atomic mass is 10.2. The van der Waals surface area contributed by atoms with Crippen LogP contribution in [0.3, 0.4) is 0 Å². The van der Waals surface area contributed by atoms with Crippen LogP contribution in [-0.2, 0) is 11.3 Å². The van der Waals surface area contributed by atoms with Crippen molar-refractivity contribution in [2.45, 2.75) is 19.4 Å². The third kappa shape index (κ3) is 5.86. The van der Waals surface area contributed by atoms with E-state index in [2.05, 4.69) is 25.3 Å². The predicted octanol–water partition coefficient (Wildman–Crippen LogP) is 2.87. The Morgan fingerprint density at radius 3 is 2.62 bits per heavy atom. The average Bonchev–Trinajstić information content (AvgIpc) is 3.35. The summed E-state index contributed by atoms with van der Waals surface area (Å²) >= 11 is 5.94. The maximum atomic E-state index is 8.49. The van der Waals surface area contributed by atoms with E-state index in [0.717, 1.165) is 50.4 Å². The monoisotopic (exact) mass is 456 g/mol. The van der Waals surface area contributed by atoms with Gasteiger partial charge in [-0.25, -0.2) is 9.97 Å². The molecule has 10 heteroatoms. The molecular formula is C22H29ClN8O. The Morgan fingerprint density at radius 1 is 1.19 bits per heavy atom. The number of nitrogens with zero attached hydrogens (tertiary/aromatic N) is 6. The van der Waals surface area contributed by atoms with E-state index < -0.39 is 0 Å². The van der Waals surface area contributed by atoms with Crippen molar-refractivity contribution in [2.24, 2.45) is 5.10 Å². The first-order valence-corrected chi connectivity index (χ1v) is 11.3. The van der Waals surface area contributed by atoms with Crippen molar-refractivity contribution in [3.63, 3.8) is 0 Å². The zero-order chi connectivity index (χ0) is 22.3. The molecular weight excluding hydrogens is 428 g/mol. The Kier molecular flexibility index (Phi) is 7.39. The topological polar surface area (TPSA) is 93.0 Å². The first-order valence-electron chi connectivity index (χ1n) is 10.9. The Balaban J connectivity index is 1.50. The number of hydrogen-bond donors (Lipinski definition) is 2. The molecule has 3 heterocycles. The summed E-state index contributed by atoms with van der Waals surface area (Å²) in [6.45, 7) is 5.23. The van der Waals surface area contributed by atoms with Gasteiger partial charge in [0.1, 0.15) is 5.82 Å². The quantitative estimate of drug-likeness (QED) is 0.392. The van der Waals surface area contributed by atoms with Gasteiger partial charge in [-0.1, -0.05) is 23.7 Å². The van der Waals surface area contributed by atoms with Crippen LogP contribution in [0.5, 0.6) is 0 Å². The molecule has 1 aromatic heterocycles. The summed E-state index contributed by atoms with van der Waals surface area (Å²) in [4.78, 5) is 15.6. The van der Waals surface area contributed by atoms with Crippen LogP contribution in [0.4, 0.5) is 11.6 Å². The lowest BCUT2D eigenvalue weighted by molar-refractivity contribution is 0.122. The van der Waals surface area contributed by atoms with Crippen LogP contribution < -0.4 is 10.3 Å². The first kappa shape index (κ1) is 22.3. The van der Waals surface area contributed by atoms with E-state index in [1.807, 2.05) is 42.3 Å². The molecule has 32 heavy (non-hydrogen) atoms. The molecule has 170 valence electrons. The fraction of sp³-hybridized carbons (Fsp3) is 0.455. The molecule has 0 spiro atoms. The van der Waals surface area contributed by atoms with Gasteiger partial charge in [-0.2, -0.15) is 5.10 Å². The maximum absolute atomic E-state index is 8.49. The molecule has 1 aromatic carbocycles. The summed E-state index contributed by atoms with van der Waals surface area (Å²) in [5.41, 5.74) is 3.96. The van der Waals surface area contributed by atoms with E-state index in [9.17, 15) is 0 Å². The van der Waals surface area contributed by atoms with E-state index in [4.69, 9.17) is 26.7 Å². The number of anilines is 2. The van der Waals surface area contributed by atoms with Gasteiger partial charge in [-0.15, -0.1) is 0 Å². The minimum Gasteiger partial charge on any atom is -0.378 e. The second kappa shape index (κ2) is 10.6. The van der Waals surface area contributed by atoms with Gasteiger partial charge in [-0.3, -0.25) is 10.8 Å². The van der Waals surface area contributed by atoms with E-state index >= 15 is 0 Å². The summed E-state index contributed by atoms with van der Waals surface area (Å²) < 4.78 is 5.48. The predicted molar refractivity (Wildman–Crippen MR) is 128 cm³/mol. The van der Waals surface area contributed by atoms with Crippen LogP contribution in [0.15, 0.2) is 35.4 Å². The molecule has 2 N–H and O–H groups in total. The number of nitrogens with one attached hydrogen (secondary N) is 2. The van der Waals surface area contributed by atoms with Gasteiger partial charge in [0.2, 0.25) is 0 Å². The zero-order valence-electron chi connectivity index (χ0n) is 18.3. The van der Waals surface area contributed by atoms with Crippen molar-refractivity contribution in [1.82, 2.24) is 19.8 Å². The summed E-state index contributed by atoms with van der Waals surface area (Å²) in [6, 6.07) is 9.36. The van der Waals surface area contributed by atoms with Gasteiger partial charge in [-0.05, 0) is 30.5 Å². The van der Waals surface area contributed by atoms with Crippen LogP contribution >= 0.6 is 11.6 Å². The van der Waals surface area contributed by atoms with E-state index in [-0.39, 0.29) is 0 Å². The molecule has 2 aliphatic rings. The van der Waals surface area contributed by atoms with E-state index in [1.165, 1.54) is 0 Å². The van der Waals surface area contributed by atoms with E-state index in [0.29, 0.717) is 42.4 Å². The summed E-state index contributed by atoms with van der Waals surface area (Å²) in [5, 5.41) is 13.5. The highest BCUT2D eigenvalue weighted by molar-refractivity contribution is 6.30. The Bertz CT molecular complexity index is 939. The van der Waals surface area contributed by atoms with Gasteiger partial charge in [0.25, 0.3) is 0 Å².